The minimum atomic E-state index is -4.50. The van der Waals surface area contributed by atoms with Crippen molar-refractivity contribution in [3.8, 4) is 17.2 Å². The largest absolute Gasteiger partial charge is 0.454 e. The van der Waals surface area contributed by atoms with Crippen molar-refractivity contribution in [3.63, 3.8) is 0 Å². The molecule has 0 spiro atoms. The van der Waals surface area contributed by atoms with E-state index in [4.69, 9.17) is 16.3 Å². The van der Waals surface area contributed by atoms with Crippen molar-refractivity contribution in [2.24, 2.45) is 0 Å². The van der Waals surface area contributed by atoms with Crippen LogP contribution in [0.15, 0.2) is 65.6 Å². The van der Waals surface area contributed by atoms with E-state index in [1.807, 2.05) is 0 Å². The SMILES string of the molecule is O=c1c(Cl)c(Oc2cccc(C(F)(F)F)c2)cnn1-c1ccccc1. The maximum Gasteiger partial charge on any atom is 0.416 e. The van der Waals surface area contributed by atoms with E-state index in [0.29, 0.717) is 5.69 Å². The second-order valence-electron chi connectivity index (χ2n) is 5.00. The van der Waals surface area contributed by atoms with Crippen molar-refractivity contribution in [1.29, 1.82) is 0 Å². The molecule has 0 saturated carbocycles. The van der Waals surface area contributed by atoms with Gasteiger partial charge >= 0.3 is 6.18 Å². The molecule has 3 rings (SSSR count). The predicted molar refractivity (Wildman–Crippen MR) is 86.4 cm³/mol. The average Bonchev–Trinajstić information content (AvgIpc) is 2.59. The van der Waals surface area contributed by atoms with Crippen LogP contribution in [0.5, 0.6) is 11.5 Å². The Morgan fingerprint density at radius 2 is 1.76 bits per heavy atom. The Labute approximate surface area is 145 Å². The fraction of sp³-hybridized carbons (Fsp3) is 0.0588. The average molecular weight is 367 g/mol. The van der Waals surface area contributed by atoms with Gasteiger partial charge in [-0.2, -0.15) is 23.0 Å². The maximum absolute atomic E-state index is 12.7. The van der Waals surface area contributed by atoms with E-state index in [1.165, 1.54) is 18.3 Å². The molecule has 25 heavy (non-hydrogen) atoms. The van der Waals surface area contributed by atoms with Crippen LogP contribution in [0.25, 0.3) is 5.69 Å². The molecule has 0 aliphatic rings. The molecule has 8 heteroatoms. The van der Waals surface area contributed by atoms with Gasteiger partial charge < -0.3 is 4.74 Å². The first-order valence-electron chi connectivity index (χ1n) is 7.04. The van der Waals surface area contributed by atoms with Crippen LogP contribution in [0.4, 0.5) is 13.2 Å². The third-order valence-corrected chi connectivity index (χ3v) is 3.62. The predicted octanol–water partition coefficient (Wildman–Crippen LogP) is 4.70. The van der Waals surface area contributed by atoms with E-state index in [0.717, 1.165) is 16.8 Å². The van der Waals surface area contributed by atoms with Gasteiger partial charge in [-0.25, -0.2) is 0 Å². The lowest BCUT2D eigenvalue weighted by molar-refractivity contribution is -0.137. The van der Waals surface area contributed by atoms with E-state index in [-0.39, 0.29) is 16.5 Å². The minimum absolute atomic E-state index is 0.101. The molecule has 1 aromatic heterocycles. The molecule has 0 N–H and O–H groups in total. The fourth-order valence-corrected chi connectivity index (χ4v) is 2.27. The normalized spacial score (nSPS) is 11.4. The summed E-state index contributed by atoms with van der Waals surface area (Å²) in [4.78, 5) is 12.3. The Hall–Kier alpha value is -2.80. The number of ether oxygens (including phenoxy) is 1. The molecule has 0 bridgehead atoms. The summed E-state index contributed by atoms with van der Waals surface area (Å²) in [6.07, 6.45) is -3.32. The van der Waals surface area contributed by atoms with Crippen LogP contribution in [-0.2, 0) is 6.18 Å². The number of nitrogens with zero attached hydrogens (tertiary/aromatic N) is 2. The summed E-state index contributed by atoms with van der Waals surface area (Å²) < 4.78 is 44.6. The number of hydrogen-bond donors (Lipinski definition) is 0. The number of hydrogen-bond acceptors (Lipinski definition) is 3. The van der Waals surface area contributed by atoms with Crippen LogP contribution in [0.2, 0.25) is 5.02 Å². The van der Waals surface area contributed by atoms with E-state index in [9.17, 15) is 18.0 Å². The van der Waals surface area contributed by atoms with Gasteiger partial charge in [0.05, 0.1) is 17.4 Å². The van der Waals surface area contributed by atoms with Gasteiger partial charge in [-0.1, -0.05) is 35.9 Å². The van der Waals surface area contributed by atoms with Gasteiger partial charge in [0, 0.05) is 0 Å². The Morgan fingerprint density at radius 3 is 2.44 bits per heavy atom. The molecule has 0 saturated heterocycles. The summed E-state index contributed by atoms with van der Waals surface area (Å²) in [5, 5.41) is 3.67. The highest BCUT2D eigenvalue weighted by Gasteiger charge is 2.30. The molecule has 0 fully saturated rings. The second-order valence-corrected chi connectivity index (χ2v) is 5.38. The molecule has 1 heterocycles. The first kappa shape index (κ1) is 17.0. The number of benzene rings is 2. The van der Waals surface area contributed by atoms with E-state index >= 15 is 0 Å². The van der Waals surface area contributed by atoms with Crippen molar-refractivity contribution in [1.82, 2.24) is 9.78 Å². The first-order chi connectivity index (χ1) is 11.9. The van der Waals surface area contributed by atoms with Crippen molar-refractivity contribution in [2.45, 2.75) is 6.18 Å². The molecule has 2 aromatic carbocycles. The van der Waals surface area contributed by atoms with Gasteiger partial charge in [0.15, 0.2) is 10.8 Å². The van der Waals surface area contributed by atoms with E-state index in [1.54, 1.807) is 30.3 Å². The van der Waals surface area contributed by atoms with Crippen molar-refractivity contribution >= 4 is 11.6 Å². The molecule has 0 aliphatic carbocycles. The molecule has 0 aliphatic heterocycles. The molecule has 128 valence electrons. The standard InChI is InChI=1S/C17H10ClF3N2O2/c18-15-14(25-13-8-4-5-11(9-13)17(19,20)21)10-22-23(16(15)24)12-6-2-1-3-7-12/h1-10H. The van der Waals surface area contributed by atoms with Gasteiger partial charge in [-0.3, -0.25) is 4.79 Å². The zero-order chi connectivity index (χ0) is 18.0. The van der Waals surface area contributed by atoms with Crippen LogP contribution in [0.3, 0.4) is 0 Å². The summed E-state index contributed by atoms with van der Waals surface area (Å²) in [6, 6.07) is 12.8. The highest BCUT2D eigenvalue weighted by Crippen LogP contribution is 2.33. The number of alkyl halides is 3. The van der Waals surface area contributed by atoms with Crippen molar-refractivity contribution in [3.05, 3.63) is 81.7 Å². The third kappa shape index (κ3) is 3.66. The van der Waals surface area contributed by atoms with Crippen LogP contribution in [0.1, 0.15) is 5.56 Å². The smallest absolute Gasteiger partial charge is 0.416 e. The highest BCUT2D eigenvalue weighted by molar-refractivity contribution is 6.31. The highest BCUT2D eigenvalue weighted by atomic mass is 35.5. The van der Waals surface area contributed by atoms with E-state index in [2.05, 4.69) is 5.10 Å². The lowest BCUT2D eigenvalue weighted by Gasteiger charge is -2.11. The minimum Gasteiger partial charge on any atom is -0.454 e. The van der Waals surface area contributed by atoms with Gasteiger partial charge in [-0.05, 0) is 30.3 Å². The zero-order valence-electron chi connectivity index (χ0n) is 12.5. The lowest BCUT2D eigenvalue weighted by Crippen LogP contribution is -2.21. The monoisotopic (exact) mass is 366 g/mol. The Morgan fingerprint density at radius 1 is 1.04 bits per heavy atom. The zero-order valence-corrected chi connectivity index (χ0v) is 13.3. The number of rotatable bonds is 3. The van der Waals surface area contributed by atoms with Crippen molar-refractivity contribution < 1.29 is 17.9 Å². The van der Waals surface area contributed by atoms with Gasteiger partial charge in [-0.15, -0.1) is 0 Å². The molecule has 0 radical (unpaired) electrons. The summed E-state index contributed by atoms with van der Waals surface area (Å²) in [5.41, 5.74) is -1.01. The Bertz CT molecular complexity index is 956. The summed E-state index contributed by atoms with van der Waals surface area (Å²) in [7, 11) is 0. The van der Waals surface area contributed by atoms with Crippen LogP contribution in [0, 0.1) is 0 Å². The molecular weight excluding hydrogens is 357 g/mol. The van der Waals surface area contributed by atoms with Crippen molar-refractivity contribution in [2.75, 3.05) is 0 Å². The molecule has 0 amide bonds. The number of halogens is 4. The van der Waals surface area contributed by atoms with Crippen LogP contribution in [-0.4, -0.2) is 9.78 Å². The molecule has 0 atom stereocenters. The quantitative estimate of drug-likeness (QED) is 0.675. The molecule has 4 nitrogen and oxygen atoms in total. The fourth-order valence-electron chi connectivity index (χ4n) is 2.10. The first-order valence-corrected chi connectivity index (χ1v) is 7.42. The number of aromatic nitrogens is 2. The van der Waals surface area contributed by atoms with Crippen LogP contribution >= 0.6 is 11.6 Å². The lowest BCUT2D eigenvalue weighted by atomic mass is 10.2. The molecular formula is C17H10ClF3N2O2. The topological polar surface area (TPSA) is 44.1 Å². The maximum atomic E-state index is 12.7. The summed E-state index contributed by atoms with van der Waals surface area (Å²) >= 11 is 6.01. The Balaban J connectivity index is 1.95. The summed E-state index contributed by atoms with van der Waals surface area (Å²) in [6.45, 7) is 0. The van der Waals surface area contributed by atoms with E-state index < -0.39 is 17.3 Å². The molecule has 3 aromatic rings. The number of para-hydroxylation sites is 1. The van der Waals surface area contributed by atoms with Gasteiger partial charge in [0.1, 0.15) is 5.75 Å². The second kappa shape index (κ2) is 6.60. The van der Waals surface area contributed by atoms with Gasteiger partial charge in [0.25, 0.3) is 5.56 Å². The van der Waals surface area contributed by atoms with Crippen LogP contribution < -0.4 is 10.3 Å². The molecule has 0 unspecified atom stereocenters. The Kier molecular flexibility index (Phi) is 4.50. The summed E-state index contributed by atoms with van der Waals surface area (Å²) in [5.74, 6) is -0.228. The van der Waals surface area contributed by atoms with Gasteiger partial charge in [0.2, 0.25) is 0 Å². The third-order valence-electron chi connectivity index (χ3n) is 3.28.